The highest BCUT2D eigenvalue weighted by Crippen LogP contribution is 2.32. The quantitative estimate of drug-likeness (QED) is 0.598. The van der Waals surface area contributed by atoms with Crippen molar-refractivity contribution in [1.29, 1.82) is 5.26 Å². The molecule has 138 valence electrons. The fraction of sp³-hybridized carbons (Fsp3) is 0.476. The van der Waals surface area contributed by atoms with Crippen LogP contribution >= 0.6 is 0 Å². The number of esters is 1. The van der Waals surface area contributed by atoms with Crippen LogP contribution in [0.5, 0.6) is 0 Å². The van der Waals surface area contributed by atoms with Gasteiger partial charge in [0.2, 0.25) is 0 Å². The van der Waals surface area contributed by atoms with E-state index in [1.807, 2.05) is 31.2 Å². The number of amides is 1. The van der Waals surface area contributed by atoms with Crippen LogP contribution in [-0.4, -0.2) is 35.5 Å². The van der Waals surface area contributed by atoms with Crippen molar-refractivity contribution in [3.05, 3.63) is 41.5 Å². The first-order valence-corrected chi connectivity index (χ1v) is 9.03. The molecule has 0 unspecified atom stereocenters. The van der Waals surface area contributed by atoms with Gasteiger partial charge in [0, 0.05) is 13.1 Å². The molecule has 5 nitrogen and oxygen atoms in total. The van der Waals surface area contributed by atoms with E-state index < -0.39 is 17.6 Å². The van der Waals surface area contributed by atoms with Crippen LogP contribution in [0.1, 0.15) is 50.2 Å². The van der Waals surface area contributed by atoms with Crippen molar-refractivity contribution in [2.24, 2.45) is 0 Å². The van der Waals surface area contributed by atoms with Gasteiger partial charge in [0.05, 0.1) is 6.07 Å². The molecule has 1 aromatic rings. The summed E-state index contributed by atoms with van der Waals surface area (Å²) in [5, 5.41) is 9.60. The number of nitriles is 1. The molecule has 0 radical (unpaired) electrons. The van der Waals surface area contributed by atoms with E-state index in [9.17, 15) is 14.9 Å². The smallest absolute Gasteiger partial charge is 0.331 e. The SMILES string of the molecule is Cc1ccccc1/C=C/C(=O)O[C@@H](C)C(=O)N(C)C1(C#N)CCCCC1. The van der Waals surface area contributed by atoms with E-state index in [-0.39, 0.29) is 5.91 Å². The number of carbonyl (C=O) groups is 2. The average molecular weight is 354 g/mol. The van der Waals surface area contributed by atoms with Crippen LogP contribution in [0, 0.1) is 18.3 Å². The van der Waals surface area contributed by atoms with Gasteiger partial charge in [-0.1, -0.05) is 43.5 Å². The number of carbonyl (C=O) groups excluding carboxylic acids is 2. The van der Waals surface area contributed by atoms with Crippen LogP contribution in [0.25, 0.3) is 6.08 Å². The third-order valence-electron chi connectivity index (χ3n) is 5.09. The molecular formula is C21H26N2O3. The monoisotopic (exact) mass is 354 g/mol. The average Bonchev–Trinajstić information content (AvgIpc) is 2.66. The number of rotatable bonds is 5. The molecule has 1 fully saturated rings. The zero-order valence-corrected chi connectivity index (χ0v) is 15.7. The summed E-state index contributed by atoms with van der Waals surface area (Å²) in [5.74, 6) is -0.914. The zero-order valence-electron chi connectivity index (χ0n) is 15.7. The highest BCUT2D eigenvalue weighted by molar-refractivity contribution is 5.90. The molecule has 1 aromatic carbocycles. The highest BCUT2D eigenvalue weighted by atomic mass is 16.5. The Morgan fingerprint density at radius 3 is 2.54 bits per heavy atom. The third-order valence-corrected chi connectivity index (χ3v) is 5.09. The minimum Gasteiger partial charge on any atom is -0.449 e. The molecule has 1 aliphatic carbocycles. The summed E-state index contributed by atoms with van der Waals surface area (Å²) in [6, 6.07) is 9.99. The van der Waals surface area contributed by atoms with E-state index in [2.05, 4.69) is 6.07 Å². The summed E-state index contributed by atoms with van der Waals surface area (Å²) < 4.78 is 5.25. The van der Waals surface area contributed by atoms with Gasteiger partial charge < -0.3 is 9.64 Å². The second-order valence-electron chi connectivity index (χ2n) is 6.87. The van der Waals surface area contributed by atoms with Gasteiger partial charge in [-0.05, 0) is 43.9 Å². The first-order valence-electron chi connectivity index (χ1n) is 9.03. The van der Waals surface area contributed by atoms with E-state index in [0.29, 0.717) is 12.8 Å². The maximum atomic E-state index is 12.6. The number of nitrogens with zero attached hydrogens (tertiary/aromatic N) is 2. The van der Waals surface area contributed by atoms with E-state index in [4.69, 9.17) is 4.74 Å². The lowest BCUT2D eigenvalue weighted by Crippen LogP contribution is -2.53. The Hall–Kier alpha value is -2.61. The number of likely N-dealkylation sites (N-methyl/N-ethyl adjacent to an activating group) is 1. The number of aryl methyl sites for hydroxylation is 1. The summed E-state index contributed by atoms with van der Waals surface area (Å²) in [6.45, 7) is 3.50. The normalized spacial score (nSPS) is 17.3. The molecule has 0 aliphatic heterocycles. The van der Waals surface area contributed by atoms with Gasteiger partial charge in [0.1, 0.15) is 5.54 Å². The molecule has 0 N–H and O–H groups in total. The highest BCUT2D eigenvalue weighted by Gasteiger charge is 2.40. The summed E-state index contributed by atoms with van der Waals surface area (Å²) >= 11 is 0. The third kappa shape index (κ3) is 4.51. The maximum absolute atomic E-state index is 12.6. The second kappa shape index (κ2) is 8.66. The van der Waals surface area contributed by atoms with Crippen molar-refractivity contribution in [2.75, 3.05) is 7.05 Å². The lowest BCUT2D eigenvalue weighted by molar-refractivity contribution is -0.157. The minimum absolute atomic E-state index is 0.342. The van der Waals surface area contributed by atoms with E-state index in [0.717, 1.165) is 30.4 Å². The summed E-state index contributed by atoms with van der Waals surface area (Å²) in [5.41, 5.74) is 1.19. The molecule has 0 bridgehead atoms. The van der Waals surface area contributed by atoms with Gasteiger partial charge in [0.25, 0.3) is 5.91 Å². The number of ether oxygens (including phenoxy) is 1. The van der Waals surface area contributed by atoms with Crippen molar-refractivity contribution < 1.29 is 14.3 Å². The van der Waals surface area contributed by atoms with Crippen LogP contribution in [0.2, 0.25) is 0 Å². The molecular weight excluding hydrogens is 328 g/mol. The lowest BCUT2D eigenvalue weighted by atomic mass is 9.81. The van der Waals surface area contributed by atoms with Crippen LogP contribution in [-0.2, 0) is 14.3 Å². The second-order valence-corrected chi connectivity index (χ2v) is 6.87. The first kappa shape index (κ1) is 19.7. The van der Waals surface area contributed by atoms with Crippen LogP contribution in [0.3, 0.4) is 0 Å². The Labute approximate surface area is 155 Å². The molecule has 1 amide bonds. The largest absolute Gasteiger partial charge is 0.449 e. The predicted octanol–water partition coefficient (Wildman–Crippen LogP) is 3.62. The molecule has 0 heterocycles. The number of benzene rings is 1. The van der Waals surface area contributed by atoms with Crippen LogP contribution < -0.4 is 0 Å². The molecule has 0 spiro atoms. The predicted molar refractivity (Wildman–Crippen MR) is 100.0 cm³/mol. The van der Waals surface area contributed by atoms with Gasteiger partial charge in [-0.15, -0.1) is 0 Å². The van der Waals surface area contributed by atoms with E-state index in [1.165, 1.54) is 11.0 Å². The standard InChI is InChI=1S/C21H26N2O3/c1-16-9-5-6-10-18(16)11-12-19(24)26-17(2)20(25)23(3)21(15-22)13-7-4-8-14-21/h5-6,9-12,17H,4,7-8,13-14H2,1-3H3/b12-11+/t17-/m0/s1. The maximum Gasteiger partial charge on any atom is 0.331 e. The molecule has 0 saturated heterocycles. The molecule has 1 atom stereocenters. The molecule has 2 rings (SSSR count). The topological polar surface area (TPSA) is 70.4 Å². The Morgan fingerprint density at radius 1 is 1.27 bits per heavy atom. The van der Waals surface area contributed by atoms with Gasteiger partial charge in [-0.25, -0.2) is 4.79 Å². The Morgan fingerprint density at radius 2 is 1.92 bits per heavy atom. The van der Waals surface area contributed by atoms with Crippen molar-refractivity contribution in [3.63, 3.8) is 0 Å². The van der Waals surface area contributed by atoms with E-state index in [1.54, 1.807) is 20.0 Å². The Bertz CT molecular complexity index is 727. The fourth-order valence-electron chi connectivity index (χ4n) is 3.34. The van der Waals surface area contributed by atoms with E-state index >= 15 is 0 Å². The number of hydrogen-bond donors (Lipinski definition) is 0. The van der Waals surface area contributed by atoms with Crippen molar-refractivity contribution in [3.8, 4) is 6.07 Å². The zero-order chi connectivity index (χ0) is 19.2. The molecule has 26 heavy (non-hydrogen) atoms. The lowest BCUT2D eigenvalue weighted by Gasteiger charge is -2.39. The molecule has 1 aliphatic rings. The molecule has 0 aromatic heterocycles. The van der Waals surface area contributed by atoms with Crippen molar-refractivity contribution in [1.82, 2.24) is 4.90 Å². The minimum atomic E-state index is -0.929. The summed E-state index contributed by atoms with van der Waals surface area (Å²) in [4.78, 5) is 26.2. The van der Waals surface area contributed by atoms with Crippen molar-refractivity contribution in [2.45, 2.75) is 57.6 Å². The number of hydrogen-bond acceptors (Lipinski definition) is 4. The van der Waals surface area contributed by atoms with Gasteiger partial charge in [-0.2, -0.15) is 5.26 Å². The summed E-state index contributed by atoms with van der Waals surface area (Å²) in [6.07, 6.45) is 6.35. The fourth-order valence-corrected chi connectivity index (χ4v) is 3.34. The Kier molecular flexibility index (Phi) is 6.57. The first-order chi connectivity index (χ1) is 12.4. The van der Waals surface area contributed by atoms with Crippen LogP contribution in [0.15, 0.2) is 30.3 Å². The molecule has 1 saturated carbocycles. The van der Waals surface area contributed by atoms with Gasteiger partial charge in [0.15, 0.2) is 6.10 Å². The van der Waals surface area contributed by atoms with Crippen molar-refractivity contribution >= 4 is 18.0 Å². The van der Waals surface area contributed by atoms with Crippen LogP contribution in [0.4, 0.5) is 0 Å². The van der Waals surface area contributed by atoms with Gasteiger partial charge in [-0.3, -0.25) is 4.79 Å². The Balaban J connectivity index is 1.98. The molecule has 5 heteroatoms. The van der Waals surface area contributed by atoms with Gasteiger partial charge >= 0.3 is 5.97 Å². The summed E-state index contributed by atoms with van der Waals surface area (Å²) in [7, 11) is 1.63.